The summed E-state index contributed by atoms with van der Waals surface area (Å²) in [6.45, 7) is 0.587. The second kappa shape index (κ2) is 8.99. The van der Waals surface area contributed by atoms with Crippen molar-refractivity contribution in [1.29, 1.82) is 0 Å². The summed E-state index contributed by atoms with van der Waals surface area (Å²) in [5, 5.41) is 0.759. The van der Waals surface area contributed by atoms with Gasteiger partial charge in [0, 0.05) is 19.3 Å². The monoisotopic (exact) mass is 439 g/mol. The topological polar surface area (TPSA) is 70.6 Å². The van der Waals surface area contributed by atoms with Crippen LogP contribution in [0.2, 0.25) is 0 Å². The summed E-state index contributed by atoms with van der Waals surface area (Å²) in [5.74, 6) is 0.0739. The molecule has 154 valence electrons. The van der Waals surface area contributed by atoms with Crippen LogP contribution in [0.15, 0.2) is 95.0 Å². The van der Waals surface area contributed by atoms with Gasteiger partial charge in [-0.25, -0.2) is 13.4 Å². The molecule has 1 aliphatic rings. The molecule has 0 unspecified atom stereocenters. The van der Waals surface area contributed by atoms with Crippen LogP contribution in [0.4, 0.5) is 0 Å². The first-order valence-electron chi connectivity index (χ1n) is 9.52. The van der Waals surface area contributed by atoms with Gasteiger partial charge < -0.3 is 4.90 Å². The van der Waals surface area contributed by atoms with Gasteiger partial charge in [-0.2, -0.15) is 4.31 Å². The van der Waals surface area contributed by atoms with Gasteiger partial charge in [-0.15, -0.1) is 0 Å². The lowest BCUT2D eigenvalue weighted by Crippen LogP contribution is -2.38. The molecule has 0 spiro atoms. The molecule has 1 aromatic heterocycles. The summed E-state index contributed by atoms with van der Waals surface area (Å²) < 4.78 is 28.1. The molecule has 4 rings (SSSR count). The van der Waals surface area contributed by atoms with Crippen molar-refractivity contribution in [2.24, 2.45) is 0 Å². The number of hydrogen-bond donors (Lipinski definition) is 0. The molecule has 0 bridgehead atoms. The molecule has 0 aliphatic carbocycles. The molecule has 2 heterocycles. The second-order valence-electron chi connectivity index (χ2n) is 6.76. The van der Waals surface area contributed by atoms with Crippen molar-refractivity contribution < 1.29 is 13.2 Å². The average molecular weight is 440 g/mol. The maximum absolute atomic E-state index is 13.3. The van der Waals surface area contributed by atoms with Gasteiger partial charge in [-0.1, -0.05) is 66.4 Å². The zero-order valence-corrected chi connectivity index (χ0v) is 17.8. The molecule has 1 fully saturated rings. The zero-order chi connectivity index (χ0) is 21.0. The third kappa shape index (κ3) is 4.26. The van der Waals surface area contributed by atoms with E-state index in [-0.39, 0.29) is 23.1 Å². The Hall–Kier alpha value is -2.68. The van der Waals surface area contributed by atoms with Crippen molar-refractivity contribution in [3.05, 3.63) is 90.6 Å². The van der Waals surface area contributed by atoms with Crippen molar-refractivity contribution in [2.75, 3.05) is 18.8 Å². The van der Waals surface area contributed by atoms with Gasteiger partial charge in [0.2, 0.25) is 15.9 Å². The SMILES string of the molecule is O=C(CSc1ccccn1)N1CCN(S(=O)(=O)c2ccccc2)[C@@H]1c1ccccc1. The molecule has 8 heteroatoms. The summed E-state index contributed by atoms with van der Waals surface area (Å²) in [6, 6.07) is 23.2. The van der Waals surface area contributed by atoms with Crippen molar-refractivity contribution in [2.45, 2.75) is 16.1 Å². The highest BCUT2D eigenvalue weighted by Crippen LogP contribution is 2.35. The standard InChI is InChI=1S/C22H21N3O3S2/c26-21(17-29-20-13-7-8-14-23-20)24-15-16-25(22(24)18-9-3-1-4-10-18)30(27,28)19-11-5-2-6-12-19/h1-14,22H,15-17H2/t22-/m1/s1. The number of thioether (sulfide) groups is 1. The first-order chi connectivity index (χ1) is 14.6. The van der Waals surface area contributed by atoms with Crippen LogP contribution in [0.25, 0.3) is 0 Å². The third-order valence-electron chi connectivity index (χ3n) is 4.88. The Bertz CT molecular complexity index is 1090. The van der Waals surface area contributed by atoms with E-state index in [0.717, 1.165) is 10.6 Å². The maximum atomic E-state index is 13.3. The van der Waals surface area contributed by atoms with Crippen LogP contribution in [0.3, 0.4) is 0 Å². The van der Waals surface area contributed by atoms with E-state index in [4.69, 9.17) is 0 Å². The number of benzene rings is 2. The molecular formula is C22H21N3O3S2. The minimum absolute atomic E-state index is 0.120. The minimum atomic E-state index is -3.75. The summed E-state index contributed by atoms with van der Waals surface area (Å²) in [7, 11) is -3.75. The number of hydrogen-bond acceptors (Lipinski definition) is 5. The fourth-order valence-corrected chi connectivity index (χ4v) is 5.81. The molecule has 1 aliphatic heterocycles. The van der Waals surface area contributed by atoms with E-state index >= 15 is 0 Å². The molecule has 6 nitrogen and oxygen atoms in total. The quantitative estimate of drug-likeness (QED) is 0.551. The first kappa shape index (κ1) is 20.6. The van der Waals surface area contributed by atoms with Crippen molar-refractivity contribution in [3.8, 4) is 0 Å². The Morgan fingerprint density at radius 3 is 2.27 bits per heavy atom. The molecule has 0 radical (unpaired) electrons. The molecule has 2 aromatic carbocycles. The van der Waals surface area contributed by atoms with Gasteiger partial charge in [0.1, 0.15) is 6.17 Å². The molecule has 1 saturated heterocycles. The lowest BCUT2D eigenvalue weighted by molar-refractivity contribution is -0.130. The molecule has 3 aromatic rings. The van der Waals surface area contributed by atoms with E-state index in [1.807, 2.05) is 48.5 Å². The van der Waals surface area contributed by atoms with E-state index < -0.39 is 16.2 Å². The molecule has 0 saturated carbocycles. The van der Waals surface area contributed by atoms with Gasteiger partial charge in [-0.3, -0.25) is 4.79 Å². The van der Waals surface area contributed by atoms with Gasteiger partial charge in [0.05, 0.1) is 15.7 Å². The normalized spacial score (nSPS) is 17.2. The summed E-state index contributed by atoms with van der Waals surface area (Å²) in [6.07, 6.45) is 1.01. The molecule has 0 N–H and O–H groups in total. The number of nitrogens with zero attached hydrogens (tertiary/aromatic N) is 3. The van der Waals surface area contributed by atoms with E-state index in [1.165, 1.54) is 16.1 Å². The van der Waals surface area contributed by atoms with Crippen LogP contribution in [0.5, 0.6) is 0 Å². The highest BCUT2D eigenvalue weighted by molar-refractivity contribution is 7.99. The molecule has 1 amide bonds. The Morgan fingerprint density at radius 1 is 0.933 bits per heavy atom. The third-order valence-corrected chi connectivity index (χ3v) is 7.67. The fraction of sp³-hybridized carbons (Fsp3) is 0.182. The lowest BCUT2D eigenvalue weighted by atomic mass is 10.1. The highest BCUT2D eigenvalue weighted by atomic mass is 32.2. The van der Waals surface area contributed by atoms with Crippen molar-refractivity contribution in [1.82, 2.24) is 14.2 Å². The zero-order valence-electron chi connectivity index (χ0n) is 16.2. The van der Waals surface area contributed by atoms with E-state index in [1.54, 1.807) is 41.4 Å². The van der Waals surface area contributed by atoms with Crippen LogP contribution in [-0.4, -0.2) is 47.4 Å². The number of carbonyl (C=O) groups is 1. The van der Waals surface area contributed by atoms with Crippen LogP contribution >= 0.6 is 11.8 Å². The largest absolute Gasteiger partial charge is 0.320 e. The first-order valence-corrected chi connectivity index (χ1v) is 11.9. The highest BCUT2D eigenvalue weighted by Gasteiger charge is 2.42. The summed E-state index contributed by atoms with van der Waals surface area (Å²) in [5.41, 5.74) is 0.769. The second-order valence-corrected chi connectivity index (χ2v) is 9.64. The summed E-state index contributed by atoms with van der Waals surface area (Å²) >= 11 is 1.35. The predicted molar refractivity (Wildman–Crippen MR) is 116 cm³/mol. The Kier molecular flexibility index (Phi) is 6.17. The van der Waals surface area contributed by atoms with Crippen LogP contribution < -0.4 is 0 Å². The predicted octanol–water partition coefficient (Wildman–Crippen LogP) is 3.41. The van der Waals surface area contributed by atoms with Crippen LogP contribution in [-0.2, 0) is 14.8 Å². The number of amides is 1. The van der Waals surface area contributed by atoms with Crippen molar-refractivity contribution >= 4 is 27.7 Å². The average Bonchev–Trinajstić information content (AvgIpc) is 3.26. The molecular weight excluding hydrogens is 418 g/mol. The van der Waals surface area contributed by atoms with Gasteiger partial charge in [-0.05, 0) is 29.8 Å². The van der Waals surface area contributed by atoms with Crippen LogP contribution in [0, 0.1) is 0 Å². The van der Waals surface area contributed by atoms with Crippen LogP contribution in [0.1, 0.15) is 11.7 Å². The van der Waals surface area contributed by atoms with E-state index in [0.29, 0.717) is 6.54 Å². The Balaban J connectivity index is 1.62. The van der Waals surface area contributed by atoms with Crippen molar-refractivity contribution in [3.63, 3.8) is 0 Å². The van der Waals surface area contributed by atoms with Gasteiger partial charge in [0.15, 0.2) is 0 Å². The van der Waals surface area contributed by atoms with Gasteiger partial charge >= 0.3 is 0 Å². The number of carbonyl (C=O) groups excluding carboxylic acids is 1. The molecule has 1 atom stereocenters. The smallest absolute Gasteiger partial charge is 0.245 e. The van der Waals surface area contributed by atoms with Gasteiger partial charge in [0.25, 0.3) is 0 Å². The number of rotatable bonds is 6. The minimum Gasteiger partial charge on any atom is -0.320 e. The van der Waals surface area contributed by atoms with E-state index in [2.05, 4.69) is 4.98 Å². The number of sulfonamides is 1. The maximum Gasteiger partial charge on any atom is 0.245 e. The fourth-order valence-electron chi connectivity index (χ4n) is 3.47. The lowest BCUT2D eigenvalue weighted by Gasteiger charge is -2.30. The van der Waals surface area contributed by atoms with E-state index in [9.17, 15) is 13.2 Å². The molecule has 30 heavy (non-hydrogen) atoms. The summed E-state index contributed by atoms with van der Waals surface area (Å²) in [4.78, 5) is 19.2. The number of aromatic nitrogens is 1. The Labute approximate surface area is 180 Å². The Morgan fingerprint density at radius 2 is 1.60 bits per heavy atom. The number of pyridine rings is 1.